The number of fused-ring (bicyclic) bond motifs is 1. The van der Waals surface area contributed by atoms with E-state index in [-0.39, 0.29) is 17.5 Å². The predicted molar refractivity (Wildman–Crippen MR) is 136 cm³/mol. The van der Waals surface area contributed by atoms with E-state index >= 15 is 0 Å². The van der Waals surface area contributed by atoms with Crippen molar-refractivity contribution in [1.82, 2.24) is 4.98 Å². The highest BCUT2D eigenvalue weighted by Crippen LogP contribution is 2.40. The number of aromatic hydroxyl groups is 1. The Hall–Kier alpha value is -3.12. The van der Waals surface area contributed by atoms with E-state index in [2.05, 4.69) is 16.4 Å². The number of phenols is 1. The lowest BCUT2D eigenvalue weighted by atomic mass is 9.85. The summed E-state index contributed by atoms with van der Waals surface area (Å²) in [7, 11) is 1.56. The number of nitrogens with two attached hydrogens (primary N) is 1. The molecule has 4 N–H and O–H groups in total. The summed E-state index contributed by atoms with van der Waals surface area (Å²) in [5.74, 6) is 1.52. The van der Waals surface area contributed by atoms with Crippen LogP contribution in [-0.2, 0) is 0 Å². The lowest BCUT2D eigenvalue weighted by Crippen LogP contribution is -2.29. The lowest BCUT2D eigenvalue weighted by molar-refractivity contribution is 0.0968. The van der Waals surface area contributed by atoms with Gasteiger partial charge in [-0.05, 0) is 98.9 Å². The number of carbonyl (C=O) groups is 1. The number of anilines is 1. The average molecular weight is 460 g/mol. The molecule has 34 heavy (non-hydrogen) atoms. The normalized spacial score (nSPS) is 20.3. The van der Waals surface area contributed by atoms with Crippen LogP contribution in [0, 0.1) is 18.8 Å². The molecule has 178 valence electrons. The van der Waals surface area contributed by atoms with Gasteiger partial charge in [-0.2, -0.15) is 0 Å². The summed E-state index contributed by atoms with van der Waals surface area (Å²) in [6.45, 7) is 2.61. The first kappa shape index (κ1) is 22.7. The lowest BCUT2D eigenvalue weighted by Gasteiger charge is -2.30. The van der Waals surface area contributed by atoms with Crippen molar-refractivity contribution >= 4 is 22.4 Å². The van der Waals surface area contributed by atoms with Gasteiger partial charge in [0.2, 0.25) is 0 Å². The highest BCUT2D eigenvalue weighted by Gasteiger charge is 2.33. The van der Waals surface area contributed by atoms with Gasteiger partial charge in [-0.1, -0.05) is 6.07 Å². The largest absolute Gasteiger partial charge is 0.504 e. The molecule has 3 aromatic rings. The van der Waals surface area contributed by atoms with E-state index in [4.69, 9.17) is 10.5 Å². The quantitative estimate of drug-likeness (QED) is 0.407. The summed E-state index contributed by atoms with van der Waals surface area (Å²) in [6, 6.07) is 10.2. The minimum Gasteiger partial charge on any atom is -0.504 e. The molecule has 2 fully saturated rings. The number of aromatic nitrogens is 1. The third-order valence-electron chi connectivity index (χ3n) is 7.43. The molecule has 0 aliphatic heterocycles. The number of hydrogen-bond donors (Lipinski definition) is 3. The summed E-state index contributed by atoms with van der Waals surface area (Å²) < 4.78 is 5.37. The predicted octanol–water partition coefficient (Wildman–Crippen LogP) is 5.45. The maximum atomic E-state index is 13.2. The Bertz CT molecular complexity index is 1230. The Morgan fingerprint density at radius 2 is 1.88 bits per heavy atom. The van der Waals surface area contributed by atoms with Gasteiger partial charge >= 0.3 is 0 Å². The Balaban J connectivity index is 1.59. The third-order valence-corrected chi connectivity index (χ3v) is 7.43. The van der Waals surface area contributed by atoms with Crippen molar-refractivity contribution in [2.45, 2.75) is 51.5 Å². The maximum absolute atomic E-state index is 13.2. The molecule has 0 saturated heterocycles. The molecular weight excluding hydrogens is 426 g/mol. The number of ketones is 1. The van der Waals surface area contributed by atoms with E-state index < -0.39 is 0 Å². The Morgan fingerprint density at radius 3 is 2.56 bits per heavy atom. The summed E-state index contributed by atoms with van der Waals surface area (Å²) in [5, 5.41) is 15.0. The van der Waals surface area contributed by atoms with Crippen LogP contribution < -0.4 is 15.8 Å². The molecule has 0 spiro atoms. The standard InChI is InChI=1S/C28H33N3O3/c1-16-11-20(13-25(34-2)27(16)32)19-7-10-24-22(12-19)26(23(15-30-24)28(33)18-5-6-18)31-21-8-3-17(14-29)4-9-21/h7,10-13,15,17-18,21,32H,3-6,8-9,14,29H2,1-2H3,(H,30,31). The topological polar surface area (TPSA) is 97.5 Å². The monoisotopic (exact) mass is 459 g/mol. The molecule has 2 aromatic carbocycles. The van der Waals surface area contributed by atoms with Crippen LogP contribution in [0.25, 0.3) is 22.0 Å². The molecule has 0 atom stereocenters. The number of carbonyl (C=O) groups excluding carboxylic acids is 1. The van der Waals surface area contributed by atoms with Crippen LogP contribution in [0.1, 0.15) is 54.4 Å². The zero-order valence-electron chi connectivity index (χ0n) is 19.9. The number of nitrogens with zero attached hydrogens (tertiary/aromatic N) is 1. The molecule has 6 heteroatoms. The van der Waals surface area contributed by atoms with Crippen LogP contribution >= 0.6 is 0 Å². The fourth-order valence-electron chi connectivity index (χ4n) is 5.10. The van der Waals surface area contributed by atoms with Crippen molar-refractivity contribution in [3.63, 3.8) is 0 Å². The molecule has 2 aliphatic carbocycles. The van der Waals surface area contributed by atoms with Gasteiger partial charge in [0.1, 0.15) is 0 Å². The number of aryl methyl sites for hydroxylation is 1. The number of rotatable bonds is 7. The van der Waals surface area contributed by atoms with Gasteiger partial charge in [0, 0.05) is 23.5 Å². The van der Waals surface area contributed by atoms with Crippen molar-refractivity contribution in [2.75, 3.05) is 19.0 Å². The molecule has 6 nitrogen and oxygen atoms in total. The van der Waals surface area contributed by atoms with Crippen molar-refractivity contribution < 1.29 is 14.6 Å². The number of benzene rings is 2. The number of hydrogen-bond acceptors (Lipinski definition) is 6. The van der Waals surface area contributed by atoms with E-state index in [1.165, 1.54) is 0 Å². The van der Waals surface area contributed by atoms with Crippen LogP contribution in [0.15, 0.2) is 36.5 Å². The molecular formula is C28H33N3O3. The fourth-order valence-corrected chi connectivity index (χ4v) is 5.10. The van der Waals surface area contributed by atoms with Crippen LogP contribution in [0.2, 0.25) is 0 Å². The van der Waals surface area contributed by atoms with Gasteiger partial charge in [0.25, 0.3) is 0 Å². The van der Waals surface area contributed by atoms with E-state index in [0.717, 1.165) is 78.4 Å². The van der Waals surface area contributed by atoms with E-state index in [9.17, 15) is 9.90 Å². The van der Waals surface area contributed by atoms with E-state index in [1.807, 2.05) is 31.2 Å². The number of ether oxygens (including phenoxy) is 1. The Kier molecular flexibility index (Phi) is 6.17. The van der Waals surface area contributed by atoms with E-state index in [0.29, 0.717) is 23.3 Å². The first-order chi connectivity index (χ1) is 16.5. The molecule has 0 amide bonds. The molecule has 1 aromatic heterocycles. The molecule has 2 aliphatic rings. The first-order valence-corrected chi connectivity index (χ1v) is 12.3. The van der Waals surface area contributed by atoms with Crippen molar-refractivity contribution in [1.29, 1.82) is 0 Å². The summed E-state index contributed by atoms with van der Waals surface area (Å²) >= 11 is 0. The molecule has 2 saturated carbocycles. The van der Waals surface area contributed by atoms with Gasteiger partial charge in [-0.25, -0.2) is 0 Å². The van der Waals surface area contributed by atoms with Crippen LogP contribution in [0.4, 0.5) is 5.69 Å². The van der Waals surface area contributed by atoms with Gasteiger partial charge in [-0.15, -0.1) is 0 Å². The van der Waals surface area contributed by atoms with Crippen molar-refractivity contribution in [3.8, 4) is 22.6 Å². The molecule has 1 heterocycles. The average Bonchev–Trinajstić information content (AvgIpc) is 3.71. The minimum absolute atomic E-state index is 0.125. The SMILES string of the molecule is COc1cc(-c2ccc3ncc(C(=O)C4CC4)c(NC4CCC(CN)CC4)c3c2)cc(C)c1O. The van der Waals surface area contributed by atoms with Gasteiger partial charge in [0.05, 0.1) is 23.9 Å². The highest BCUT2D eigenvalue weighted by atomic mass is 16.5. The summed E-state index contributed by atoms with van der Waals surface area (Å²) in [5.41, 5.74) is 11.0. The van der Waals surface area contributed by atoms with Gasteiger partial charge in [0.15, 0.2) is 17.3 Å². The summed E-state index contributed by atoms with van der Waals surface area (Å²) in [6.07, 6.45) is 8.01. The third kappa shape index (κ3) is 4.34. The molecule has 5 rings (SSSR count). The Morgan fingerprint density at radius 1 is 1.12 bits per heavy atom. The fraction of sp³-hybridized carbons (Fsp3) is 0.429. The van der Waals surface area contributed by atoms with Crippen LogP contribution in [-0.4, -0.2) is 35.6 Å². The number of phenolic OH excluding ortho intramolecular Hbond substituents is 1. The molecule has 0 bridgehead atoms. The molecule has 0 unspecified atom stereocenters. The smallest absolute Gasteiger partial charge is 0.169 e. The van der Waals surface area contributed by atoms with Gasteiger partial charge < -0.3 is 20.9 Å². The van der Waals surface area contributed by atoms with Crippen molar-refractivity contribution in [3.05, 3.63) is 47.7 Å². The first-order valence-electron chi connectivity index (χ1n) is 12.3. The van der Waals surface area contributed by atoms with Crippen LogP contribution in [0.3, 0.4) is 0 Å². The van der Waals surface area contributed by atoms with E-state index in [1.54, 1.807) is 13.3 Å². The number of pyridine rings is 1. The minimum atomic E-state index is 0.125. The highest BCUT2D eigenvalue weighted by molar-refractivity contribution is 6.10. The Labute approximate surface area is 200 Å². The number of Topliss-reactive ketones (excluding diaryl/α,β-unsaturated/α-hetero) is 1. The maximum Gasteiger partial charge on any atom is 0.169 e. The van der Waals surface area contributed by atoms with Crippen molar-refractivity contribution in [2.24, 2.45) is 17.6 Å². The second-order valence-corrected chi connectivity index (χ2v) is 9.86. The number of methoxy groups -OCH3 is 1. The second kappa shape index (κ2) is 9.26. The number of nitrogens with one attached hydrogen (secondary N) is 1. The van der Waals surface area contributed by atoms with Gasteiger partial charge in [-0.3, -0.25) is 9.78 Å². The second-order valence-electron chi connectivity index (χ2n) is 9.86. The zero-order valence-corrected chi connectivity index (χ0v) is 19.9. The zero-order chi connectivity index (χ0) is 23.8. The summed E-state index contributed by atoms with van der Waals surface area (Å²) in [4.78, 5) is 17.8. The molecule has 0 radical (unpaired) electrons. The van der Waals surface area contributed by atoms with Crippen LogP contribution in [0.5, 0.6) is 11.5 Å².